The van der Waals surface area contributed by atoms with Crippen LogP contribution in [0.15, 0.2) is 33.5 Å². The first-order valence-corrected chi connectivity index (χ1v) is 8.72. The second-order valence-electron chi connectivity index (χ2n) is 6.33. The average molecular weight is 330 g/mol. The fourth-order valence-electron chi connectivity index (χ4n) is 3.38. The fraction of sp³-hybridized carbons (Fsp3) is 0.526. The molecule has 0 unspecified atom stereocenters. The third-order valence-electron chi connectivity index (χ3n) is 4.74. The van der Waals surface area contributed by atoms with Crippen molar-refractivity contribution >= 4 is 0 Å². The molecule has 5 heteroatoms. The Balaban J connectivity index is 1.65. The molecule has 0 radical (unpaired) electrons. The lowest BCUT2D eigenvalue weighted by Gasteiger charge is -2.27. The molecule has 0 aliphatic heterocycles. The third kappa shape index (κ3) is 3.79. The molecule has 3 rings (SSSR count). The van der Waals surface area contributed by atoms with Gasteiger partial charge in [-0.2, -0.15) is 0 Å². The minimum Gasteiger partial charge on any atom is -0.465 e. The molecular weight excluding hydrogens is 304 g/mol. The van der Waals surface area contributed by atoms with Gasteiger partial charge in [0.15, 0.2) is 0 Å². The summed E-state index contributed by atoms with van der Waals surface area (Å²) >= 11 is 0. The predicted octanol–water partition coefficient (Wildman–Crippen LogP) is 2.30. The highest BCUT2D eigenvalue weighted by Gasteiger charge is 2.21. The van der Waals surface area contributed by atoms with Crippen molar-refractivity contribution in [3.05, 3.63) is 57.4 Å². The van der Waals surface area contributed by atoms with E-state index >= 15 is 0 Å². The van der Waals surface area contributed by atoms with Crippen LogP contribution in [0.2, 0.25) is 0 Å². The molecule has 0 saturated carbocycles. The minimum absolute atomic E-state index is 0.0693. The number of furan rings is 1. The minimum atomic E-state index is 0.0693. The quantitative estimate of drug-likeness (QED) is 0.846. The van der Waals surface area contributed by atoms with Crippen molar-refractivity contribution in [1.82, 2.24) is 9.88 Å². The molecular formula is C19H26N2O3. The van der Waals surface area contributed by atoms with Gasteiger partial charge in [0, 0.05) is 37.9 Å². The number of hydrogen-bond donors (Lipinski definition) is 1. The largest absolute Gasteiger partial charge is 0.465 e. The number of methoxy groups -OCH3 is 1. The van der Waals surface area contributed by atoms with Crippen molar-refractivity contribution in [2.24, 2.45) is 0 Å². The second-order valence-corrected chi connectivity index (χ2v) is 6.33. The molecule has 1 atom stereocenters. The predicted molar refractivity (Wildman–Crippen MR) is 93.3 cm³/mol. The van der Waals surface area contributed by atoms with E-state index in [2.05, 4.69) is 12.2 Å². The van der Waals surface area contributed by atoms with Gasteiger partial charge in [-0.3, -0.25) is 4.79 Å². The highest BCUT2D eigenvalue weighted by molar-refractivity contribution is 5.25. The summed E-state index contributed by atoms with van der Waals surface area (Å²) < 4.78 is 12.7. The van der Waals surface area contributed by atoms with Crippen LogP contribution in [-0.2, 0) is 37.1 Å². The molecule has 5 nitrogen and oxygen atoms in total. The van der Waals surface area contributed by atoms with Gasteiger partial charge >= 0.3 is 0 Å². The zero-order valence-electron chi connectivity index (χ0n) is 14.5. The number of fused-ring (bicyclic) bond motifs is 1. The molecule has 0 spiro atoms. The zero-order valence-corrected chi connectivity index (χ0v) is 14.5. The molecule has 2 heterocycles. The number of nitrogens with one attached hydrogen (secondary N) is 1. The Morgan fingerprint density at radius 2 is 2.12 bits per heavy atom. The van der Waals surface area contributed by atoms with Gasteiger partial charge in [0.25, 0.3) is 5.56 Å². The highest BCUT2D eigenvalue weighted by Crippen LogP contribution is 2.21. The van der Waals surface area contributed by atoms with Crippen LogP contribution < -0.4 is 10.9 Å². The summed E-state index contributed by atoms with van der Waals surface area (Å²) in [5.41, 5.74) is 2.51. The zero-order chi connectivity index (χ0) is 16.9. The van der Waals surface area contributed by atoms with E-state index in [1.165, 1.54) is 11.3 Å². The molecule has 0 bridgehead atoms. The Morgan fingerprint density at radius 3 is 2.88 bits per heavy atom. The van der Waals surface area contributed by atoms with Crippen LogP contribution in [0.1, 0.15) is 36.1 Å². The van der Waals surface area contributed by atoms with Crippen LogP contribution in [-0.4, -0.2) is 24.3 Å². The maximum Gasteiger partial charge on any atom is 0.250 e. The van der Waals surface area contributed by atoms with Crippen molar-refractivity contribution in [1.29, 1.82) is 0 Å². The molecule has 1 aliphatic carbocycles. The van der Waals surface area contributed by atoms with E-state index in [-0.39, 0.29) is 5.56 Å². The van der Waals surface area contributed by atoms with Gasteiger partial charge in [-0.25, -0.2) is 0 Å². The lowest BCUT2D eigenvalue weighted by Crippen LogP contribution is -2.37. The van der Waals surface area contributed by atoms with Crippen LogP contribution in [0.4, 0.5) is 0 Å². The summed E-state index contributed by atoms with van der Waals surface area (Å²) in [6.45, 7) is 4.04. The average Bonchev–Trinajstić information content (AvgIpc) is 3.07. The van der Waals surface area contributed by atoms with E-state index in [1.54, 1.807) is 13.2 Å². The Morgan fingerprint density at radius 1 is 1.29 bits per heavy atom. The Hall–Kier alpha value is -1.85. The van der Waals surface area contributed by atoms with Gasteiger partial charge in [0.1, 0.15) is 11.5 Å². The molecule has 2 aromatic heterocycles. The first-order chi connectivity index (χ1) is 11.7. The molecule has 2 aromatic rings. The molecule has 1 aliphatic rings. The van der Waals surface area contributed by atoms with Crippen LogP contribution in [0.25, 0.3) is 0 Å². The number of aryl methyl sites for hydroxylation is 1. The lowest BCUT2D eigenvalue weighted by atomic mass is 9.91. The van der Waals surface area contributed by atoms with E-state index in [9.17, 15) is 4.79 Å². The van der Waals surface area contributed by atoms with Gasteiger partial charge < -0.3 is 19.0 Å². The summed E-state index contributed by atoms with van der Waals surface area (Å²) in [5.74, 6) is 2.02. The van der Waals surface area contributed by atoms with Crippen LogP contribution in [0.3, 0.4) is 0 Å². The number of aromatic nitrogens is 1. The molecule has 0 aromatic carbocycles. The van der Waals surface area contributed by atoms with Crippen molar-refractivity contribution in [3.63, 3.8) is 0 Å². The maximum absolute atomic E-state index is 12.1. The Labute approximate surface area is 142 Å². The molecule has 0 saturated heterocycles. The lowest BCUT2D eigenvalue weighted by molar-refractivity contribution is 0.184. The fourth-order valence-corrected chi connectivity index (χ4v) is 3.38. The van der Waals surface area contributed by atoms with Crippen LogP contribution in [0, 0.1) is 0 Å². The van der Waals surface area contributed by atoms with Gasteiger partial charge in [0.05, 0.1) is 13.2 Å². The number of nitrogens with zero attached hydrogens (tertiary/aromatic N) is 1. The molecule has 130 valence electrons. The van der Waals surface area contributed by atoms with Crippen molar-refractivity contribution in [2.75, 3.05) is 13.7 Å². The normalized spacial score (nSPS) is 17.0. The van der Waals surface area contributed by atoms with E-state index < -0.39 is 0 Å². The molecule has 24 heavy (non-hydrogen) atoms. The van der Waals surface area contributed by atoms with E-state index in [1.807, 2.05) is 22.8 Å². The first-order valence-electron chi connectivity index (χ1n) is 8.72. The SMILES string of the molecule is CCc1ccc(CN[C@@H]2CCc3c(ccc(=O)n3CCOC)C2)o1. The monoisotopic (exact) mass is 330 g/mol. The number of ether oxygens (including phenoxy) is 1. The Kier molecular flexibility index (Phi) is 5.53. The maximum atomic E-state index is 12.1. The van der Waals surface area contributed by atoms with E-state index in [0.29, 0.717) is 19.2 Å². The van der Waals surface area contributed by atoms with Crippen molar-refractivity contribution in [3.8, 4) is 0 Å². The summed E-state index contributed by atoms with van der Waals surface area (Å²) in [4.78, 5) is 12.1. The topological polar surface area (TPSA) is 56.4 Å². The van der Waals surface area contributed by atoms with Crippen LogP contribution in [0.5, 0.6) is 0 Å². The van der Waals surface area contributed by atoms with Gasteiger partial charge in [-0.1, -0.05) is 13.0 Å². The Bertz CT molecular complexity index is 732. The molecule has 0 fully saturated rings. The van der Waals surface area contributed by atoms with Gasteiger partial charge in [-0.05, 0) is 37.0 Å². The summed E-state index contributed by atoms with van der Waals surface area (Å²) in [5, 5.41) is 3.59. The first kappa shape index (κ1) is 17.0. The summed E-state index contributed by atoms with van der Waals surface area (Å²) in [6, 6.07) is 8.17. The van der Waals surface area contributed by atoms with E-state index in [0.717, 1.165) is 43.7 Å². The smallest absolute Gasteiger partial charge is 0.250 e. The molecule has 1 N–H and O–H groups in total. The second kappa shape index (κ2) is 7.81. The van der Waals surface area contributed by atoms with Crippen molar-refractivity contribution in [2.45, 2.75) is 51.7 Å². The van der Waals surface area contributed by atoms with E-state index in [4.69, 9.17) is 9.15 Å². The third-order valence-corrected chi connectivity index (χ3v) is 4.74. The van der Waals surface area contributed by atoms with Crippen molar-refractivity contribution < 1.29 is 9.15 Å². The van der Waals surface area contributed by atoms with Crippen LogP contribution >= 0.6 is 0 Å². The number of hydrogen-bond acceptors (Lipinski definition) is 4. The standard InChI is InChI=1S/C19H26N2O3/c1-3-16-6-7-17(24-16)13-20-15-5-8-18-14(12-15)4-9-19(22)21(18)10-11-23-2/h4,6-7,9,15,20H,3,5,8,10-13H2,1-2H3/t15-/m1/s1. The number of rotatable bonds is 7. The van der Waals surface area contributed by atoms with Gasteiger partial charge in [-0.15, -0.1) is 0 Å². The summed E-state index contributed by atoms with van der Waals surface area (Å²) in [7, 11) is 1.67. The molecule has 0 amide bonds. The highest BCUT2D eigenvalue weighted by atomic mass is 16.5. The number of pyridine rings is 1. The van der Waals surface area contributed by atoms with Gasteiger partial charge in [0.2, 0.25) is 0 Å². The summed E-state index contributed by atoms with van der Waals surface area (Å²) in [6.07, 6.45) is 3.83.